The summed E-state index contributed by atoms with van der Waals surface area (Å²) in [6.07, 6.45) is 4.69. The van der Waals surface area contributed by atoms with E-state index in [0.717, 1.165) is 43.7 Å². The molecule has 0 bridgehead atoms. The van der Waals surface area contributed by atoms with Crippen LogP contribution in [0, 0.1) is 12.7 Å². The largest absolute Gasteiger partial charge is 0.314 e. The van der Waals surface area contributed by atoms with Crippen molar-refractivity contribution in [2.75, 3.05) is 26.2 Å². The van der Waals surface area contributed by atoms with Gasteiger partial charge in [0.05, 0.1) is 0 Å². The topological polar surface area (TPSA) is 15.3 Å². The number of piperazine rings is 1. The van der Waals surface area contributed by atoms with Crippen LogP contribution in [0.25, 0.3) is 0 Å². The smallest absolute Gasteiger partial charge is 0.128 e. The molecule has 1 aromatic carbocycles. The molecule has 1 heterocycles. The molecule has 1 fully saturated rings. The van der Waals surface area contributed by atoms with Crippen LogP contribution in [0.2, 0.25) is 0 Å². The molecular weight excluding hydrogens is 287 g/mol. The molecule has 2 rings (SSSR count). The summed E-state index contributed by atoms with van der Waals surface area (Å²) in [6, 6.07) is 5.94. The zero-order chi connectivity index (χ0) is 14.4. The van der Waals surface area contributed by atoms with E-state index in [-0.39, 0.29) is 24.3 Å². The van der Waals surface area contributed by atoms with E-state index in [1.807, 2.05) is 19.1 Å². The summed E-state index contributed by atoms with van der Waals surface area (Å²) in [5, 5.41) is 3.38. The van der Waals surface area contributed by atoms with Crippen LogP contribution in [-0.2, 0) is 0 Å². The summed E-state index contributed by atoms with van der Waals surface area (Å²) in [5.74, 6) is -0.0370. The molecule has 1 aliphatic heterocycles. The van der Waals surface area contributed by atoms with Crippen LogP contribution >= 0.6 is 12.4 Å². The monoisotopic (exact) mass is 314 g/mol. The Hall–Kier alpha value is -0.640. The molecule has 0 saturated carbocycles. The Labute approximate surface area is 134 Å². The van der Waals surface area contributed by atoms with Gasteiger partial charge in [-0.05, 0) is 25.0 Å². The van der Waals surface area contributed by atoms with E-state index < -0.39 is 0 Å². The SMILES string of the molecule is CCCCC[C@@H](c1ccc(C)cc1F)N1CCNCC1.Cl. The van der Waals surface area contributed by atoms with Gasteiger partial charge in [-0.2, -0.15) is 0 Å². The average molecular weight is 315 g/mol. The predicted octanol–water partition coefficient (Wildman–Crippen LogP) is 4.08. The fraction of sp³-hybridized carbons (Fsp3) is 0.647. The van der Waals surface area contributed by atoms with Crippen molar-refractivity contribution in [1.82, 2.24) is 10.2 Å². The van der Waals surface area contributed by atoms with Gasteiger partial charge in [-0.1, -0.05) is 38.3 Å². The molecule has 1 atom stereocenters. The van der Waals surface area contributed by atoms with Gasteiger partial charge in [-0.15, -0.1) is 12.4 Å². The van der Waals surface area contributed by atoms with Crippen molar-refractivity contribution in [2.24, 2.45) is 0 Å². The maximum Gasteiger partial charge on any atom is 0.128 e. The lowest BCUT2D eigenvalue weighted by Crippen LogP contribution is -2.45. The summed E-state index contributed by atoms with van der Waals surface area (Å²) < 4.78 is 14.3. The van der Waals surface area contributed by atoms with Crippen LogP contribution < -0.4 is 5.32 Å². The van der Waals surface area contributed by atoms with Crippen LogP contribution in [0.15, 0.2) is 18.2 Å². The Balaban J connectivity index is 0.00000220. The Morgan fingerprint density at radius 2 is 1.95 bits per heavy atom. The molecule has 0 unspecified atom stereocenters. The second-order valence-electron chi connectivity index (χ2n) is 5.82. The van der Waals surface area contributed by atoms with Crippen LogP contribution in [0.1, 0.15) is 49.8 Å². The van der Waals surface area contributed by atoms with Gasteiger partial charge in [-0.25, -0.2) is 4.39 Å². The summed E-state index contributed by atoms with van der Waals surface area (Å²) in [4.78, 5) is 2.44. The zero-order valence-corrected chi connectivity index (χ0v) is 14.0. The Morgan fingerprint density at radius 3 is 2.57 bits per heavy atom. The second-order valence-corrected chi connectivity index (χ2v) is 5.82. The van der Waals surface area contributed by atoms with Crippen molar-refractivity contribution >= 4 is 12.4 Å². The number of hydrogen-bond acceptors (Lipinski definition) is 2. The minimum atomic E-state index is -0.0370. The van der Waals surface area contributed by atoms with Gasteiger partial charge in [0.15, 0.2) is 0 Å². The first-order chi connectivity index (χ1) is 9.72. The van der Waals surface area contributed by atoms with Gasteiger partial charge < -0.3 is 5.32 Å². The van der Waals surface area contributed by atoms with Crippen LogP contribution in [0.5, 0.6) is 0 Å². The van der Waals surface area contributed by atoms with Gasteiger partial charge in [0.2, 0.25) is 0 Å². The van der Waals surface area contributed by atoms with E-state index in [1.165, 1.54) is 19.3 Å². The molecule has 0 radical (unpaired) electrons. The van der Waals surface area contributed by atoms with Crippen LogP contribution in [-0.4, -0.2) is 31.1 Å². The maximum atomic E-state index is 14.3. The molecule has 1 saturated heterocycles. The van der Waals surface area contributed by atoms with Crippen LogP contribution in [0.4, 0.5) is 4.39 Å². The van der Waals surface area contributed by atoms with E-state index in [4.69, 9.17) is 0 Å². The third-order valence-electron chi connectivity index (χ3n) is 4.19. The predicted molar refractivity (Wildman–Crippen MR) is 89.7 cm³/mol. The minimum Gasteiger partial charge on any atom is -0.314 e. The van der Waals surface area contributed by atoms with Crippen molar-refractivity contribution in [2.45, 2.75) is 45.6 Å². The van der Waals surface area contributed by atoms with Gasteiger partial charge in [0.1, 0.15) is 5.82 Å². The first kappa shape index (κ1) is 18.4. The number of halogens is 2. The Kier molecular flexibility index (Phi) is 8.23. The van der Waals surface area contributed by atoms with Crippen LogP contribution in [0.3, 0.4) is 0 Å². The molecular formula is C17H28ClFN2. The van der Waals surface area contributed by atoms with E-state index in [1.54, 1.807) is 6.07 Å². The molecule has 0 aromatic heterocycles. The van der Waals surface area contributed by atoms with Gasteiger partial charge in [0, 0.05) is 37.8 Å². The van der Waals surface area contributed by atoms with Gasteiger partial charge in [-0.3, -0.25) is 4.90 Å². The number of benzene rings is 1. The Morgan fingerprint density at radius 1 is 1.24 bits per heavy atom. The van der Waals surface area contributed by atoms with Gasteiger partial charge >= 0.3 is 0 Å². The number of aryl methyl sites for hydroxylation is 1. The highest BCUT2D eigenvalue weighted by Gasteiger charge is 2.24. The molecule has 1 N–H and O–H groups in total. The number of nitrogens with one attached hydrogen (secondary N) is 1. The fourth-order valence-corrected chi connectivity index (χ4v) is 3.02. The summed E-state index contributed by atoms with van der Waals surface area (Å²) in [5.41, 5.74) is 1.88. The minimum absolute atomic E-state index is 0. The highest BCUT2D eigenvalue weighted by molar-refractivity contribution is 5.85. The lowest BCUT2D eigenvalue weighted by molar-refractivity contribution is 0.159. The third kappa shape index (κ3) is 5.24. The maximum absolute atomic E-state index is 14.3. The lowest BCUT2D eigenvalue weighted by Gasteiger charge is -2.35. The van der Waals surface area contributed by atoms with Crippen molar-refractivity contribution in [1.29, 1.82) is 0 Å². The molecule has 120 valence electrons. The third-order valence-corrected chi connectivity index (χ3v) is 4.19. The van der Waals surface area contributed by atoms with E-state index >= 15 is 0 Å². The summed E-state index contributed by atoms with van der Waals surface area (Å²) in [7, 11) is 0. The highest BCUT2D eigenvalue weighted by atomic mass is 35.5. The number of hydrogen-bond donors (Lipinski definition) is 1. The molecule has 21 heavy (non-hydrogen) atoms. The first-order valence-corrected chi connectivity index (χ1v) is 7.93. The lowest BCUT2D eigenvalue weighted by atomic mass is 9.96. The second kappa shape index (κ2) is 9.39. The normalized spacial score (nSPS) is 17.3. The number of rotatable bonds is 6. The first-order valence-electron chi connectivity index (χ1n) is 7.93. The molecule has 0 amide bonds. The standard InChI is InChI=1S/C17H27FN2.ClH/c1-3-4-5-6-17(20-11-9-19-10-12-20)15-8-7-14(2)13-16(15)18;/h7-8,13,17,19H,3-6,9-12H2,1-2H3;1H/t17-;/m0./s1. The number of unbranched alkanes of at least 4 members (excludes halogenated alkanes) is 2. The molecule has 1 aliphatic rings. The molecule has 1 aromatic rings. The molecule has 0 aliphatic carbocycles. The van der Waals surface area contributed by atoms with Gasteiger partial charge in [0.25, 0.3) is 0 Å². The average Bonchev–Trinajstić information content (AvgIpc) is 2.46. The zero-order valence-electron chi connectivity index (χ0n) is 13.2. The number of nitrogens with zero attached hydrogens (tertiary/aromatic N) is 1. The summed E-state index contributed by atoms with van der Waals surface area (Å²) in [6.45, 7) is 8.22. The molecule has 0 spiro atoms. The molecule has 4 heteroatoms. The fourth-order valence-electron chi connectivity index (χ4n) is 3.02. The molecule has 2 nitrogen and oxygen atoms in total. The van der Waals surface area contributed by atoms with E-state index in [0.29, 0.717) is 0 Å². The van der Waals surface area contributed by atoms with E-state index in [9.17, 15) is 4.39 Å². The quantitative estimate of drug-likeness (QED) is 0.796. The van der Waals surface area contributed by atoms with Crippen molar-refractivity contribution in [3.63, 3.8) is 0 Å². The van der Waals surface area contributed by atoms with Crippen molar-refractivity contribution < 1.29 is 4.39 Å². The van der Waals surface area contributed by atoms with Crippen molar-refractivity contribution in [3.8, 4) is 0 Å². The van der Waals surface area contributed by atoms with E-state index in [2.05, 4.69) is 17.1 Å². The highest BCUT2D eigenvalue weighted by Crippen LogP contribution is 2.29. The van der Waals surface area contributed by atoms with Crippen molar-refractivity contribution in [3.05, 3.63) is 35.1 Å². The summed E-state index contributed by atoms with van der Waals surface area (Å²) >= 11 is 0. The Bertz CT molecular complexity index is 419.